The highest BCUT2D eigenvalue weighted by Crippen LogP contribution is 2.26. The van der Waals surface area contributed by atoms with Crippen molar-refractivity contribution in [2.24, 2.45) is 0 Å². The zero-order valence-electron chi connectivity index (χ0n) is 13.8. The lowest BCUT2D eigenvalue weighted by Gasteiger charge is -2.31. The maximum atomic E-state index is 12.3. The number of H-pyrrole nitrogens is 1. The van der Waals surface area contributed by atoms with Gasteiger partial charge in [-0.15, -0.1) is 0 Å². The molecule has 128 valence electrons. The number of carbonyl (C=O) groups excluding carboxylic acids is 1. The number of ether oxygens (including phenoxy) is 1. The van der Waals surface area contributed by atoms with Crippen molar-refractivity contribution < 1.29 is 9.53 Å². The Morgan fingerprint density at radius 2 is 2.04 bits per heavy atom. The number of hydrogen-bond acceptors (Lipinski definition) is 4. The molecular weight excluding hydrogens is 324 g/mol. The lowest BCUT2D eigenvalue weighted by atomic mass is 9.96. The van der Waals surface area contributed by atoms with Gasteiger partial charge in [-0.1, -0.05) is 18.2 Å². The van der Waals surface area contributed by atoms with E-state index in [-0.39, 0.29) is 12.5 Å². The summed E-state index contributed by atoms with van der Waals surface area (Å²) in [6, 6.07) is 9.42. The number of likely N-dealkylation sites (tertiary alicyclic amines) is 1. The Balaban J connectivity index is 1.53. The topological polar surface area (TPSA) is 63.1 Å². The monoisotopic (exact) mass is 346 g/mol. The highest BCUT2D eigenvalue weighted by Gasteiger charge is 2.27. The van der Waals surface area contributed by atoms with E-state index in [0.29, 0.717) is 10.7 Å². The Morgan fingerprint density at radius 3 is 2.71 bits per heavy atom. The van der Waals surface area contributed by atoms with Gasteiger partial charge in [0.1, 0.15) is 11.6 Å². The average Bonchev–Trinajstić information content (AvgIpc) is 3.01. The molecule has 0 spiro atoms. The standard InChI is InChI=1S/C17H22N4O2S/c1-2-21-16(18-19-17(21)24)13-8-10-20(11-9-13)15(22)12-23-14-6-4-3-5-7-14/h3-7,13H,2,8-12H2,1H3,(H,19,24). The average molecular weight is 346 g/mol. The fourth-order valence-corrected chi connectivity index (χ4v) is 3.36. The maximum absolute atomic E-state index is 12.3. The van der Waals surface area contributed by atoms with Crippen LogP contribution >= 0.6 is 12.2 Å². The van der Waals surface area contributed by atoms with Gasteiger partial charge in [-0.25, -0.2) is 0 Å². The minimum atomic E-state index is 0.0339. The zero-order chi connectivity index (χ0) is 16.9. The quantitative estimate of drug-likeness (QED) is 0.846. The Labute approximate surface area is 146 Å². The van der Waals surface area contributed by atoms with Gasteiger partial charge < -0.3 is 14.2 Å². The van der Waals surface area contributed by atoms with E-state index in [1.807, 2.05) is 39.8 Å². The summed E-state index contributed by atoms with van der Waals surface area (Å²) in [5.41, 5.74) is 0. The van der Waals surface area contributed by atoms with Gasteiger partial charge in [0, 0.05) is 25.6 Å². The van der Waals surface area contributed by atoms with Crippen molar-refractivity contribution in [3.63, 3.8) is 0 Å². The lowest BCUT2D eigenvalue weighted by molar-refractivity contribution is -0.134. The molecule has 1 saturated heterocycles. The number of amides is 1. The van der Waals surface area contributed by atoms with Crippen LogP contribution in [-0.2, 0) is 11.3 Å². The van der Waals surface area contributed by atoms with Crippen LogP contribution in [0.5, 0.6) is 5.75 Å². The Kier molecular flexibility index (Phi) is 5.30. The van der Waals surface area contributed by atoms with Crippen LogP contribution in [0.25, 0.3) is 0 Å². The molecule has 1 aromatic heterocycles. The Morgan fingerprint density at radius 1 is 1.33 bits per heavy atom. The second-order valence-electron chi connectivity index (χ2n) is 5.89. The number of benzene rings is 1. The van der Waals surface area contributed by atoms with Crippen LogP contribution in [0.3, 0.4) is 0 Å². The summed E-state index contributed by atoms with van der Waals surface area (Å²) in [4.78, 5) is 14.2. The van der Waals surface area contributed by atoms with Crippen molar-refractivity contribution in [1.29, 1.82) is 0 Å². The molecule has 0 bridgehead atoms. The molecule has 24 heavy (non-hydrogen) atoms. The predicted molar refractivity (Wildman–Crippen MR) is 93.6 cm³/mol. The molecule has 1 amide bonds. The van der Waals surface area contributed by atoms with E-state index in [9.17, 15) is 4.79 Å². The van der Waals surface area contributed by atoms with Crippen LogP contribution in [0, 0.1) is 4.77 Å². The summed E-state index contributed by atoms with van der Waals surface area (Å²) in [7, 11) is 0. The number of piperidine rings is 1. The van der Waals surface area contributed by atoms with Crippen LogP contribution in [-0.4, -0.2) is 45.3 Å². The summed E-state index contributed by atoms with van der Waals surface area (Å²) in [6.45, 7) is 4.42. The van der Waals surface area contributed by atoms with Crippen LogP contribution in [0.4, 0.5) is 0 Å². The second kappa shape index (κ2) is 7.61. The van der Waals surface area contributed by atoms with E-state index in [1.54, 1.807) is 0 Å². The number of carbonyl (C=O) groups is 1. The van der Waals surface area contributed by atoms with Gasteiger partial charge in [-0.3, -0.25) is 9.89 Å². The lowest BCUT2D eigenvalue weighted by Crippen LogP contribution is -2.40. The van der Waals surface area contributed by atoms with Gasteiger partial charge >= 0.3 is 0 Å². The number of aromatic amines is 1. The van der Waals surface area contributed by atoms with Gasteiger partial charge in [0.2, 0.25) is 0 Å². The second-order valence-corrected chi connectivity index (χ2v) is 6.27. The smallest absolute Gasteiger partial charge is 0.260 e. The predicted octanol–water partition coefficient (Wildman–Crippen LogP) is 2.75. The third-order valence-corrected chi connectivity index (χ3v) is 4.73. The molecule has 0 saturated carbocycles. The van der Waals surface area contributed by atoms with Gasteiger partial charge in [-0.05, 0) is 44.1 Å². The Bertz CT molecular complexity index is 733. The van der Waals surface area contributed by atoms with Crippen molar-refractivity contribution in [3.8, 4) is 5.75 Å². The molecule has 0 atom stereocenters. The van der Waals surface area contributed by atoms with Crippen molar-refractivity contribution in [1.82, 2.24) is 19.7 Å². The van der Waals surface area contributed by atoms with E-state index in [2.05, 4.69) is 17.1 Å². The van der Waals surface area contributed by atoms with Gasteiger partial charge in [0.15, 0.2) is 11.4 Å². The SMILES string of the molecule is CCn1c(C2CCN(C(=O)COc3ccccc3)CC2)n[nH]c1=S. The highest BCUT2D eigenvalue weighted by atomic mass is 32.1. The molecule has 1 aliphatic heterocycles. The van der Waals surface area contributed by atoms with E-state index >= 15 is 0 Å². The van der Waals surface area contributed by atoms with Crippen molar-refractivity contribution in [3.05, 3.63) is 40.9 Å². The number of nitrogens with one attached hydrogen (secondary N) is 1. The molecule has 0 unspecified atom stereocenters. The molecule has 3 rings (SSSR count). The first-order valence-electron chi connectivity index (χ1n) is 8.29. The summed E-state index contributed by atoms with van der Waals surface area (Å²) in [5.74, 6) is 2.11. The fourth-order valence-electron chi connectivity index (χ4n) is 3.09. The van der Waals surface area contributed by atoms with Gasteiger partial charge in [-0.2, -0.15) is 5.10 Å². The molecule has 1 N–H and O–H groups in total. The molecule has 7 heteroatoms. The van der Waals surface area contributed by atoms with E-state index in [0.717, 1.165) is 44.0 Å². The highest BCUT2D eigenvalue weighted by molar-refractivity contribution is 7.71. The van der Waals surface area contributed by atoms with Gasteiger partial charge in [0.25, 0.3) is 5.91 Å². The molecular formula is C17H22N4O2S. The molecule has 0 aliphatic carbocycles. The van der Waals surface area contributed by atoms with Gasteiger partial charge in [0.05, 0.1) is 0 Å². The summed E-state index contributed by atoms with van der Waals surface area (Å²) < 4.78 is 8.25. The third-order valence-electron chi connectivity index (χ3n) is 4.42. The number of aromatic nitrogens is 3. The molecule has 1 fully saturated rings. The first-order chi connectivity index (χ1) is 11.7. The van der Waals surface area contributed by atoms with Crippen molar-refractivity contribution in [2.75, 3.05) is 19.7 Å². The first-order valence-corrected chi connectivity index (χ1v) is 8.70. The number of rotatable bonds is 5. The number of hydrogen-bond donors (Lipinski definition) is 1. The minimum absolute atomic E-state index is 0.0339. The van der Waals surface area contributed by atoms with Crippen LogP contribution in [0.15, 0.2) is 30.3 Å². The summed E-state index contributed by atoms with van der Waals surface area (Å²) >= 11 is 5.25. The number of nitrogens with zero attached hydrogens (tertiary/aromatic N) is 3. The third kappa shape index (κ3) is 3.67. The minimum Gasteiger partial charge on any atom is -0.484 e. The largest absolute Gasteiger partial charge is 0.484 e. The van der Waals surface area contributed by atoms with Crippen LogP contribution < -0.4 is 4.74 Å². The van der Waals surface area contributed by atoms with E-state index < -0.39 is 0 Å². The summed E-state index contributed by atoms with van der Waals surface area (Å²) in [6.07, 6.45) is 1.80. The fraction of sp³-hybridized carbons (Fsp3) is 0.471. The normalized spacial score (nSPS) is 15.5. The summed E-state index contributed by atoms with van der Waals surface area (Å²) in [5, 5.41) is 7.25. The molecule has 6 nitrogen and oxygen atoms in total. The molecule has 1 aliphatic rings. The van der Waals surface area contributed by atoms with E-state index in [4.69, 9.17) is 17.0 Å². The number of para-hydroxylation sites is 1. The maximum Gasteiger partial charge on any atom is 0.260 e. The zero-order valence-corrected chi connectivity index (χ0v) is 14.6. The van der Waals surface area contributed by atoms with E-state index in [1.165, 1.54) is 0 Å². The van der Waals surface area contributed by atoms with Crippen molar-refractivity contribution in [2.45, 2.75) is 32.2 Å². The molecule has 1 aromatic carbocycles. The first kappa shape index (κ1) is 16.7. The molecule has 0 radical (unpaired) electrons. The Hall–Kier alpha value is -2.15. The van der Waals surface area contributed by atoms with Crippen LogP contribution in [0.1, 0.15) is 31.5 Å². The van der Waals surface area contributed by atoms with Crippen molar-refractivity contribution >= 4 is 18.1 Å². The molecule has 2 heterocycles. The van der Waals surface area contributed by atoms with Crippen LogP contribution in [0.2, 0.25) is 0 Å². The molecule has 2 aromatic rings.